The topological polar surface area (TPSA) is 186 Å². The van der Waals surface area contributed by atoms with E-state index in [1.165, 1.54) is 11.7 Å². The van der Waals surface area contributed by atoms with E-state index in [1.807, 2.05) is 0 Å². The highest BCUT2D eigenvalue weighted by atomic mass is 79.9. The van der Waals surface area contributed by atoms with Crippen LogP contribution in [0.4, 0.5) is 11.4 Å². The second kappa shape index (κ2) is 12.1. The Balaban J connectivity index is 2.04. The van der Waals surface area contributed by atoms with Gasteiger partial charge in [-0.25, -0.2) is 9.79 Å². The highest BCUT2D eigenvalue weighted by Gasteiger charge is 2.35. The van der Waals surface area contributed by atoms with E-state index in [0.29, 0.717) is 34.2 Å². The molecule has 1 aliphatic rings. The SMILES string of the molecule is CCOC(=O)C1=C(C)N=c2s/c(=C/c3cc([N+](=O)[O-])cc([N+](=O)[O-])c3O)c(=O)n2[C@@H]1c1cc(OC)c(OCC)cc1Br. The number of thiazole rings is 1. The average molecular weight is 663 g/mol. The summed E-state index contributed by atoms with van der Waals surface area (Å²) in [4.78, 5) is 52.7. The summed E-state index contributed by atoms with van der Waals surface area (Å²) in [5.41, 5.74) is -1.74. The number of rotatable bonds is 9. The van der Waals surface area contributed by atoms with Crippen LogP contribution in [0, 0.1) is 20.2 Å². The van der Waals surface area contributed by atoms with Crippen molar-refractivity contribution in [2.45, 2.75) is 26.8 Å². The number of fused-ring (bicyclic) bond motifs is 1. The van der Waals surface area contributed by atoms with Crippen molar-refractivity contribution in [3.8, 4) is 17.2 Å². The molecule has 0 saturated heterocycles. The number of halogens is 1. The summed E-state index contributed by atoms with van der Waals surface area (Å²) in [5, 5.41) is 33.3. The van der Waals surface area contributed by atoms with Gasteiger partial charge in [0.05, 0.1) is 58.1 Å². The third-order valence-electron chi connectivity index (χ3n) is 6.19. The minimum absolute atomic E-state index is 0.0595. The van der Waals surface area contributed by atoms with E-state index >= 15 is 0 Å². The molecule has 2 heterocycles. The number of aromatic hydroxyl groups is 1. The molecule has 0 unspecified atom stereocenters. The van der Waals surface area contributed by atoms with Gasteiger partial charge in [0.2, 0.25) is 5.75 Å². The fourth-order valence-electron chi connectivity index (χ4n) is 4.40. The molecule has 220 valence electrons. The number of aromatic nitrogens is 1. The molecule has 2 aromatic carbocycles. The van der Waals surface area contributed by atoms with Crippen molar-refractivity contribution < 1.29 is 34.0 Å². The number of methoxy groups -OCH3 is 1. The fourth-order valence-corrected chi connectivity index (χ4v) is 5.97. The Kier molecular flexibility index (Phi) is 8.77. The number of nitrogens with zero attached hydrogens (tertiary/aromatic N) is 4. The van der Waals surface area contributed by atoms with Crippen LogP contribution in [0.3, 0.4) is 0 Å². The van der Waals surface area contributed by atoms with Crippen LogP contribution in [0.1, 0.15) is 37.9 Å². The first-order valence-corrected chi connectivity index (χ1v) is 13.9. The fraction of sp³-hybridized carbons (Fsp3) is 0.269. The third kappa shape index (κ3) is 5.49. The molecule has 1 N–H and O–H groups in total. The maximum Gasteiger partial charge on any atom is 0.338 e. The van der Waals surface area contributed by atoms with E-state index < -0.39 is 44.5 Å². The van der Waals surface area contributed by atoms with E-state index in [4.69, 9.17) is 14.2 Å². The first-order valence-electron chi connectivity index (χ1n) is 12.3. The van der Waals surface area contributed by atoms with Crippen LogP contribution in [0.5, 0.6) is 17.2 Å². The van der Waals surface area contributed by atoms with Gasteiger partial charge in [0.1, 0.15) is 0 Å². The molecule has 0 fully saturated rings. The van der Waals surface area contributed by atoms with Crippen molar-refractivity contribution in [3.05, 3.63) is 91.1 Å². The minimum Gasteiger partial charge on any atom is -0.502 e. The van der Waals surface area contributed by atoms with E-state index in [-0.39, 0.29) is 32.8 Å². The van der Waals surface area contributed by atoms with Gasteiger partial charge in [-0.15, -0.1) is 0 Å². The maximum atomic E-state index is 13.9. The predicted molar refractivity (Wildman–Crippen MR) is 154 cm³/mol. The van der Waals surface area contributed by atoms with Crippen molar-refractivity contribution in [1.82, 2.24) is 4.57 Å². The second-order valence-electron chi connectivity index (χ2n) is 8.68. The van der Waals surface area contributed by atoms with Crippen LogP contribution in [-0.4, -0.2) is 45.8 Å². The lowest BCUT2D eigenvalue weighted by molar-refractivity contribution is -0.394. The van der Waals surface area contributed by atoms with Crippen LogP contribution >= 0.6 is 27.3 Å². The Hall–Kier alpha value is -4.57. The lowest BCUT2D eigenvalue weighted by atomic mass is 9.95. The molecule has 16 heteroatoms. The summed E-state index contributed by atoms with van der Waals surface area (Å²) in [5.74, 6) is -0.798. The molecule has 0 radical (unpaired) electrons. The minimum atomic E-state index is -1.06. The molecule has 1 atom stereocenters. The van der Waals surface area contributed by atoms with Crippen LogP contribution in [0.25, 0.3) is 6.08 Å². The van der Waals surface area contributed by atoms with Crippen molar-refractivity contribution in [2.24, 2.45) is 4.99 Å². The molecular weight excluding hydrogens is 640 g/mol. The van der Waals surface area contributed by atoms with Gasteiger partial charge in [-0.1, -0.05) is 27.3 Å². The summed E-state index contributed by atoms with van der Waals surface area (Å²) in [6.07, 6.45) is 1.10. The van der Waals surface area contributed by atoms with Gasteiger partial charge in [0.15, 0.2) is 16.3 Å². The highest BCUT2D eigenvalue weighted by molar-refractivity contribution is 9.10. The summed E-state index contributed by atoms with van der Waals surface area (Å²) in [7, 11) is 1.44. The van der Waals surface area contributed by atoms with Gasteiger partial charge in [0.25, 0.3) is 11.2 Å². The zero-order chi connectivity index (χ0) is 30.9. The number of hydrogen-bond acceptors (Lipinski definition) is 12. The van der Waals surface area contributed by atoms with Gasteiger partial charge < -0.3 is 19.3 Å². The van der Waals surface area contributed by atoms with E-state index in [0.717, 1.165) is 23.5 Å². The third-order valence-corrected chi connectivity index (χ3v) is 7.86. The Morgan fingerprint density at radius 1 is 1.17 bits per heavy atom. The Labute approximate surface area is 249 Å². The van der Waals surface area contributed by atoms with E-state index in [2.05, 4.69) is 20.9 Å². The molecular formula is C26H23BrN4O10S. The van der Waals surface area contributed by atoms with Crippen molar-refractivity contribution in [3.63, 3.8) is 0 Å². The number of hydrogen-bond donors (Lipinski definition) is 1. The Morgan fingerprint density at radius 2 is 1.88 bits per heavy atom. The van der Waals surface area contributed by atoms with Gasteiger partial charge in [-0.2, -0.15) is 0 Å². The predicted octanol–water partition coefficient (Wildman–Crippen LogP) is 3.49. The smallest absolute Gasteiger partial charge is 0.338 e. The summed E-state index contributed by atoms with van der Waals surface area (Å²) < 4.78 is 18.1. The number of nitro groups is 2. The monoisotopic (exact) mass is 662 g/mol. The number of allylic oxidation sites excluding steroid dienone is 1. The summed E-state index contributed by atoms with van der Waals surface area (Å²) >= 11 is 4.39. The molecule has 0 saturated carbocycles. The number of phenolic OH excluding ortho intramolecular Hbond substituents is 1. The number of ether oxygens (including phenoxy) is 3. The normalized spacial score (nSPS) is 14.7. The first-order chi connectivity index (χ1) is 19.9. The van der Waals surface area contributed by atoms with E-state index in [9.17, 15) is 34.9 Å². The standard InChI is InChI=1S/C26H23BrN4O10S/c1-5-40-19-11-16(27)15(10-18(19)39-4)22-21(25(34)41-6-2)12(3)28-26-29(22)24(33)20(42-26)8-13-7-14(30(35)36)9-17(23(13)32)31(37)38/h7-11,22,32H,5-6H2,1-4H3/b20-8+/t22-/m1/s1. The Morgan fingerprint density at radius 3 is 2.48 bits per heavy atom. The zero-order valence-electron chi connectivity index (χ0n) is 22.6. The molecule has 1 aliphatic heterocycles. The maximum absolute atomic E-state index is 13.9. The number of carbonyl (C=O) groups excluding carboxylic acids is 1. The van der Waals surface area contributed by atoms with Crippen LogP contribution in [0.2, 0.25) is 0 Å². The number of phenols is 1. The molecule has 4 rings (SSSR count). The lowest BCUT2D eigenvalue weighted by Crippen LogP contribution is -2.40. The lowest BCUT2D eigenvalue weighted by Gasteiger charge is -2.26. The number of esters is 1. The van der Waals surface area contributed by atoms with Gasteiger partial charge in [0, 0.05) is 16.1 Å². The van der Waals surface area contributed by atoms with Gasteiger partial charge >= 0.3 is 11.7 Å². The second-order valence-corrected chi connectivity index (χ2v) is 10.5. The number of non-ortho nitro benzene ring substituents is 1. The number of nitro benzene ring substituents is 2. The molecule has 14 nitrogen and oxygen atoms in total. The van der Waals surface area contributed by atoms with Crippen LogP contribution < -0.4 is 24.4 Å². The largest absolute Gasteiger partial charge is 0.502 e. The van der Waals surface area contributed by atoms with Crippen molar-refractivity contribution >= 4 is 50.7 Å². The quantitative estimate of drug-likeness (QED) is 0.202. The van der Waals surface area contributed by atoms with Gasteiger partial charge in [-0.05, 0) is 44.5 Å². The first kappa shape index (κ1) is 30.4. The Bertz CT molecular complexity index is 1850. The number of benzene rings is 2. The molecule has 0 amide bonds. The number of carbonyl (C=O) groups is 1. The average Bonchev–Trinajstić information content (AvgIpc) is 3.23. The summed E-state index contributed by atoms with van der Waals surface area (Å²) in [6, 6.07) is 3.74. The molecule has 3 aromatic rings. The van der Waals surface area contributed by atoms with Crippen LogP contribution in [-0.2, 0) is 9.53 Å². The summed E-state index contributed by atoms with van der Waals surface area (Å²) in [6.45, 7) is 5.45. The molecule has 1 aromatic heterocycles. The molecule has 0 aliphatic carbocycles. The van der Waals surface area contributed by atoms with Crippen molar-refractivity contribution in [1.29, 1.82) is 0 Å². The van der Waals surface area contributed by atoms with E-state index in [1.54, 1.807) is 32.9 Å². The zero-order valence-corrected chi connectivity index (χ0v) is 25.0. The molecule has 0 spiro atoms. The molecule has 0 bridgehead atoms. The highest BCUT2D eigenvalue weighted by Crippen LogP contribution is 2.41. The molecule has 42 heavy (non-hydrogen) atoms. The van der Waals surface area contributed by atoms with Crippen molar-refractivity contribution in [2.75, 3.05) is 20.3 Å². The van der Waals surface area contributed by atoms with Gasteiger partial charge in [-0.3, -0.25) is 29.6 Å². The van der Waals surface area contributed by atoms with Crippen LogP contribution in [0.15, 0.2) is 49.8 Å².